The van der Waals surface area contributed by atoms with E-state index in [-0.39, 0.29) is 0 Å². The Morgan fingerprint density at radius 2 is 2.06 bits per heavy atom. The molecule has 0 bridgehead atoms. The fourth-order valence-electron chi connectivity index (χ4n) is 1.35. The Bertz CT molecular complexity index is 409. The predicted molar refractivity (Wildman–Crippen MR) is 73.3 cm³/mol. The summed E-state index contributed by atoms with van der Waals surface area (Å²) >= 11 is 1.92. The largest absolute Gasteiger partial charge is 0.495 e. The van der Waals surface area contributed by atoms with Crippen molar-refractivity contribution >= 4 is 11.8 Å². The second-order valence-corrected chi connectivity index (χ2v) is 5.77. The third kappa shape index (κ3) is 3.98. The highest BCUT2D eigenvalue weighted by molar-refractivity contribution is 7.99. The first-order chi connectivity index (χ1) is 8.08. The van der Waals surface area contributed by atoms with E-state index >= 15 is 0 Å². The molecule has 1 aromatic rings. The van der Waals surface area contributed by atoms with Crippen LogP contribution in [0, 0.1) is 17.2 Å². The molecule has 3 heteroatoms. The Morgan fingerprint density at radius 3 is 2.59 bits per heavy atom. The lowest BCUT2D eigenvalue weighted by Gasteiger charge is -2.15. The lowest BCUT2D eigenvalue weighted by molar-refractivity contribution is 0.413. The number of methoxy groups -OCH3 is 1. The molecule has 0 aliphatic heterocycles. The van der Waals surface area contributed by atoms with Crippen molar-refractivity contribution < 1.29 is 4.74 Å². The third-order valence-electron chi connectivity index (χ3n) is 2.84. The van der Waals surface area contributed by atoms with Gasteiger partial charge in [0.05, 0.1) is 12.7 Å². The van der Waals surface area contributed by atoms with Gasteiger partial charge >= 0.3 is 0 Å². The van der Waals surface area contributed by atoms with Gasteiger partial charge in [-0.15, -0.1) is 0 Å². The van der Waals surface area contributed by atoms with Crippen LogP contribution < -0.4 is 4.74 Å². The molecule has 17 heavy (non-hydrogen) atoms. The van der Waals surface area contributed by atoms with Gasteiger partial charge in [-0.1, -0.05) is 26.8 Å². The van der Waals surface area contributed by atoms with Crippen molar-refractivity contribution in [2.75, 3.05) is 7.11 Å². The maximum absolute atomic E-state index is 9.00. The monoisotopic (exact) mass is 249 g/mol. The maximum atomic E-state index is 9.00. The van der Waals surface area contributed by atoms with Gasteiger partial charge in [-0.3, -0.25) is 0 Å². The Labute approximate surface area is 108 Å². The molecule has 0 aromatic heterocycles. The van der Waals surface area contributed by atoms with Crippen LogP contribution in [0.3, 0.4) is 0 Å². The van der Waals surface area contributed by atoms with Crippen molar-refractivity contribution in [3.05, 3.63) is 29.3 Å². The molecule has 0 radical (unpaired) electrons. The third-order valence-corrected chi connectivity index (χ3v) is 4.41. The van der Waals surface area contributed by atoms with Crippen molar-refractivity contribution in [1.29, 1.82) is 5.26 Å². The number of nitriles is 1. The summed E-state index contributed by atoms with van der Waals surface area (Å²) in [5, 5.41) is 9.63. The minimum Gasteiger partial charge on any atom is -0.495 e. The van der Waals surface area contributed by atoms with Crippen LogP contribution in [0.15, 0.2) is 18.2 Å². The van der Waals surface area contributed by atoms with Gasteiger partial charge in [0.15, 0.2) is 0 Å². The average Bonchev–Trinajstić information content (AvgIpc) is 2.35. The summed E-state index contributed by atoms with van der Waals surface area (Å²) in [5.74, 6) is 2.27. The summed E-state index contributed by atoms with van der Waals surface area (Å²) in [6, 6.07) is 7.98. The number of nitrogens with zero attached hydrogens (tertiary/aromatic N) is 1. The molecule has 0 heterocycles. The van der Waals surface area contributed by atoms with Crippen LogP contribution in [0.1, 0.15) is 31.9 Å². The van der Waals surface area contributed by atoms with E-state index in [1.165, 1.54) is 5.56 Å². The standard InChI is InChI=1S/C14H19NOS/c1-10(2)11(3)17-9-12-5-6-14(16-4)13(7-12)8-15/h5-7,10-11H,9H2,1-4H3. The van der Waals surface area contributed by atoms with Gasteiger partial charge in [0.2, 0.25) is 0 Å². The normalized spacial score (nSPS) is 12.2. The topological polar surface area (TPSA) is 33.0 Å². The summed E-state index contributed by atoms with van der Waals surface area (Å²) in [4.78, 5) is 0. The molecule has 1 unspecified atom stereocenters. The van der Waals surface area contributed by atoms with Crippen molar-refractivity contribution in [2.24, 2.45) is 5.92 Å². The molecule has 1 rings (SSSR count). The molecule has 2 nitrogen and oxygen atoms in total. The van der Waals surface area contributed by atoms with E-state index < -0.39 is 0 Å². The average molecular weight is 249 g/mol. The van der Waals surface area contributed by atoms with Gasteiger partial charge < -0.3 is 4.74 Å². The molecule has 0 N–H and O–H groups in total. The summed E-state index contributed by atoms with van der Waals surface area (Å²) in [6.45, 7) is 6.70. The van der Waals surface area contributed by atoms with Crippen LogP contribution in [-0.4, -0.2) is 12.4 Å². The molecular formula is C14H19NOS. The van der Waals surface area contributed by atoms with E-state index in [2.05, 4.69) is 26.8 Å². The Balaban J connectivity index is 2.70. The molecule has 1 aromatic carbocycles. The first-order valence-corrected chi connectivity index (χ1v) is 6.82. The van der Waals surface area contributed by atoms with Crippen LogP contribution in [0.4, 0.5) is 0 Å². The smallest absolute Gasteiger partial charge is 0.136 e. The van der Waals surface area contributed by atoms with E-state index in [9.17, 15) is 0 Å². The second-order valence-electron chi connectivity index (χ2n) is 4.41. The number of ether oxygens (including phenoxy) is 1. The van der Waals surface area contributed by atoms with Gasteiger partial charge in [-0.2, -0.15) is 17.0 Å². The fourth-order valence-corrected chi connectivity index (χ4v) is 2.37. The Hall–Kier alpha value is -1.14. The number of rotatable bonds is 5. The van der Waals surface area contributed by atoms with Crippen molar-refractivity contribution in [3.8, 4) is 11.8 Å². The van der Waals surface area contributed by atoms with E-state index in [0.29, 0.717) is 22.5 Å². The molecule has 0 saturated carbocycles. The van der Waals surface area contributed by atoms with E-state index in [1.807, 2.05) is 30.0 Å². The summed E-state index contributed by atoms with van der Waals surface area (Å²) < 4.78 is 5.13. The minimum absolute atomic E-state index is 0.614. The first-order valence-electron chi connectivity index (χ1n) is 5.77. The Kier molecular flexibility index (Phi) is 5.37. The van der Waals surface area contributed by atoms with Crippen molar-refractivity contribution in [1.82, 2.24) is 0 Å². The van der Waals surface area contributed by atoms with Crippen LogP contribution >= 0.6 is 11.8 Å². The molecular weight excluding hydrogens is 230 g/mol. The molecule has 0 spiro atoms. The van der Waals surface area contributed by atoms with Crippen LogP contribution in [0.2, 0.25) is 0 Å². The highest BCUT2D eigenvalue weighted by Gasteiger charge is 2.09. The summed E-state index contributed by atoms with van der Waals surface area (Å²) in [7, 11) is 1.59. The van der Waals surface area contributed by atoms with Gasteiger partial charge in [0.1, 0.15) is 11.8 Å². The van der Waals surface area contributed by atoms with Crippen LogP contribution in [-0.2, 0) is 5.75 Å². The highest BCUT2D eigenvalue weighted by Crippen LogP contribution is 2.26. The molecule has 92 valence electrons. The molecule has 0 aliphatic rings. The number of hydrogen-bond donors (Lipinski definition) is 0. The van der Waals surface area contributed by atoms with E-state index in [4.69, 9.17) is 10.00 Å². The zero-order valence-electron chi connectivity index (χ0n) is 10.9. The number of thioether (sulfide) groups is 1. The SMILES string of the molecule is COc1ccc(CSC(C)C(C)C)cc1C#N. The second kappa shape index (κ2) is 6.56. The molecule has 0 saturated heterocycles. The van der Waals surface area contributed by atoms with Crippen molar-refractivity contribution in [3.63, 3.8) is 0 Å². The molecule has 0 aliphatic carbocycles. The predicted octanol–water partition coefficient (Wildman–Crippen LogP) is 3.84. The highest BCUT2D eigenvalue weighted by atomic mass is 32.2. The molecule has 1 atom stereocenters. The summed E-state index contributed by atoms with van der Waals surface area (Å²) in [6.07, 6.45) is 0. The maximum Gasteiger partial charge on any atom is 0.136 e. The molecule has 0 fully saturated rings. The van der Waals surface area contributed by atoms with Gasteiger partial charge in [-0.25, -0.2) is 0 Å². The number of hydrogen-bond acceptors (Lipinski definition) is 3. The zero-order valence-corrected chi connectivity index (χ0v) is 11.7. The van der Waals surface area contributed by atoms with Gasteiger partial charge in [0, 0.05) is 11.0 Å². The zero-order chi connectivity index (χ0) is 12.8. The van der Waals surface area contributed by atoms with Gasteiger partial charge in [-0.05, 0) is 23.6 Å². The van der Waals surface area contributed by atoms with E-state index in [1.54, 1.807) is 7.11 Å². The fraction of sp³-hybridized carbons (Fsp3) is 0.500. The summed E-state index contributed by atoms with van der Waals surface area (Å²) in [5.41, 5.74) is 1.79. The van der Waals surface area contributed by atoms with E-state index in [0.717, 1.165) is 5.75 Å². The Morgan fingerprint density at radius 1 is 1.35 bits per heavy atom. The first kappa shape index (κ1) is 13.9. The van der Waals surface area contributed by atoms with Crippen LogP contribution in [0.25, 0.3) is 0 Å². The lowest BCUT2D eigenvalue weighted by Crippen LogP contribution is -2.05. The molecule has 0 amide bonds. The quantitative estimate of drug-likeness (QED) is 0.794. The number of benzene rings is 1. The van der Waals surface area contributed by atoms with Gasteiger partial charge in [0.25, 0.3) is 0 Å². The minimum atomic E-state index is 0.614. The van der Waals surface area contributed by atoms with Crippen molar-refractivity contribution in [2.45, 2.75) is 31.8 Å². The lowest BCUT2D eigenvalue weighted by atomic mass is 10.1. The van der Waals surface area contributed by atoms with Crippen LogP contribution in [0.5, 0.6) is 5.75 Å².